The highest BCUT2D eigenvalue weighted by Gasteiger charge is 2.14. The maximum absolute atomic E-state index is 13.0. The Morgan fingerprint density at radius 1 is 1.45 bits per heavy atom. The highest BCUT2D eigenvalue weighted by atomic mass is 35.5. The Labute approximate surface area is 117 Å². The van der Waals surface area contributed by atoms with Crippen LogP contribution in [0.2, 0.25) is 5.15 Å². The van der Waals surface area contributed by atoms with Gasteiger partial charge in [0.15, 0.2) is 0 Å². The first-order valence-electron chi connectivity index (χ1n) is 5.32. The summed E-state index contributed by atoms with van der Waals surface area (Å²) in [6, 6.07) is 0.951. The van der Waals surface area contributed by atoms with Crippen molar-refractivity contribution in [2.75, 3.05) is 5.32 Å². The van der Waals surface area contributed by atoms with Crippen LogP contribution in [0.1, 0.15) is 10.4 Å². The van der Waals surface area contributed by atoms with E-state index in [0.29, 0.717) is 0 Å². The van der Waals surface area contributed by atoms with E-state index >= 15 is 0 Å². The largest absolute Gasteiger partial charge is 0.480 e. The number of rotatable bonds is 4. The van der Waals surface area contributed by atoms with Crippen molar-refractivity contribution in [2.45, 2.75) is 6.54 Å². The Morgan fingerprint density at radius 2 is 2.20 bits per heavy atom. The first kappa shape index (κ1) is 13.9. The summed E-state index contributed by atoms with van der Waals surface area (Å²) in [4.78, 5) is 25.9. The molecular weight excluding hydrogens is 291 g/mol. The van der Waals surface area contributed by atoms with Crippen molar-refractivity contribution in [1.82, 2.24) is 14.8 Å². The predicted molar refractivity (Wildman–Crippen MR) is 67.0 cm³/mol. The molecule has 0 aromatic carbocycles. The van der Waals surface area contributed by atoms with Gasteiger partial charge in [-0.3, -0.25) is 14.3 Å². The lowest BCUT2D eigenvalue weighted by Crippen LogP contribution is -2.13. The summed E-state index contributed by atoms with van der Waals surface area (Å²) in [6.45, 7) is -0.335. The van der Waals surface area contributed by atoms with Crippen molar-refractivity contribution in [3.8, 4) is 0 Å². The number of carboxylic acid groups (broad SMARTS) is 1. The second kappa shape index (κ2) is 5.66. The zero-order chi connectivity index (χ0) is 14.7. The minimum absolute atomic E-state index is 0.127. The van der Waals surface area contributed by atoms with E-state index in [1.807, 2.05) is 0 Å². The standard InChI is InChI=1S/C11H8ClFN4O3/c12-10-8(1-6(13)2-14-10)11(20)16-7-3-15-17(4-7)5-9(18)19/h1-4H,5H2,(H,16,20)(H,18,19). The van der Waals surface area contributed by atoms with Crippen LogP contribution in [0.3, 0.4) is 0 Å². The number of aromatic nitrogens is 3. The molecule has 20 heavy (non-hydrogen) atoms. The second-order valence-electron chi connectivity index (χ2n) is 3.77. The Kier molecular flexibility index (Phi) is 3.94. The Bertz CT molecular complexity index is 673. The van der Waals surface area contributed by atoms with Crippen LogP contribution in [-0.4, -0.2) is 31.7 Å². The molecule has 2 heterocycles. The second-order valence-corrected chi connectivity index (χ2v) is 4.12. The van der Waals surface area contributed by atoms with Gasteiger partial charge in [0.25, 0.3) is 5.91 Å². The molecule has 0 bridgehead atoms. The fraction of sp³-hybridized carbons (Fsp3) is 0.0909. The lowest BCUT2D eigenvalue weighted by Gasteiger charge is -2.03. The van der Waals surface area contributed by atoms with Gasteiger partial charge in [-0.1, -0.05) is 11.6 Å². The molecule has 2 N–H and O–H groups in total. The molecule has 2 aromatic rings. The van der Waals surface area contributed by atoms with Crippen LogP contribution in [0.4, 0.5) is 10.1 Å². The van der Waals surface area contributed by atoms with Crippen LogP contribution in [0.15, 0.2) is 24.7 Å². The molecule has 0 spiro atoms. The molecule has 2 rings (SSSR count). The molecule has 0 aliphatic heterocycles. The molecule has 0 saturated carbocycles. The van der Waals surface area contributed by atoms with Crippen molar-refractivity contribution in [1.29, 1.82) is 0 Å². The summed E-state index contributed by atoms with van der Waals surface area (Å²) < 4.78 is 14.1. The van der Waals surface area contributed by atoms with Gasteiger partial charge in [0.2, 0.25) is 0 Å². The van der Waals surface area contributed by atoms with Crippen molar-refractivity contribution < 1.29 is 19.1 Å². The minimum Gasteiger partial charge on any atom is -0.480 e. The molecule has 7 nitrogen and oxygen atoms in total. The monoisotopic (exact) mass is 298 g/mol. The lowest BCUT2D eigenvalue weighted by atomic mass is 10.2. The van der Waals surface area contributed by atoms with Gasteiger partial charge in [0.1, 0.15) is 17.5 Å². The number of hydrogen-bond acceptors (Lipinski definition) is 4. The molecule has 2 aromatic heterocycles. The molecule has 0 saturated heterocycles. The van der Waals surface area contributed by atoms with Crippen LogP contribution >= 0.6 is 11.6 Å². The lowest BCUT2D eigenvalue weighted by molar-refractivity contribution is -0.137. The summed E-state index contributed by atoms with van der Waals surface area (Å²) in [5, 5.41) is 14.6. The maximum Gasteiger partial charge on any atom is 0.325 e. The fourth-order valence-electron chi connectivity index (χ4n) is 1.43. The highest BCUT2D eigenvalue weighted by Crippen LogP contribution is 2.16. The van der Waals surface area contributed by atoms with E-state index in [0.717, 1.165) is 16.9 Å². The van der Waals surface area contributed by atoms with Crippen molar-refractivity contribution >= 4 is 29.2 Å². The molecule has 9 heteroatoms. The third kappa shape index (κ3) is 3.29. The van der Waals surface area contributed by atoms with Crippen LogP contribution in [0.5, 0.6) is 0 Å². The Morgan fingerprint density at radius 3 is 2.90 bits per heavy atom. The number of pyridine rings is 1. The van der Waals surface area contributed by atoms with Gasteiger partial charge in [-0.05, 0) is 6.07 Å². The molecule has 104 valence electrons. The molecule has 0 aliphatic rings. The van der Waals surface area contributed by atoms with Crippen molar-refractivity contribution in [3.63, 3.8) is 0 Å². The molecule has 0 unspecified atom stereocenters. The van der Waals surface area contributed by atoms with E-state index in [4.69, 9.17) is 16.7 Å². The Hall–Kier alpha value is -2.48. The van der Waals surface area contributed by atoms with Crippen LogP contribution < -0.4 is 5.32 Å². The van der Waals surface area contributed by atoms with E-state index < -0.39 is 17.7 Å². The van der Waals surface area contributed by atoms with Gasteiger partial charge in [0, 0.05) is 6.20 Å². The first-order valence-corrected chi connectivity index (χ1v) is 5.70. The van der Waals surface area contributed by atoms with Gasteiger partial charge in [0.05, 0.1) is 23.6 Å². The normalized spacial score (nSPS) is 10.3. The SMILES string of the molecule is O=C(O)Cn1cc(NC(=O)c2cc(F)cnc2Cl)cn1. The Balaban J connectivity index is 2.13. The quantitative estimate of drug-likeness (QED) is 0.832. The summed E-state index contributed by atoms with van der Waals surface area (Å²) >= 11 is 5.69. The number of carboxylic acids is 1. The number of carbonyl (C=O) groups is 2. The van der Waals surface area contributed by atoms with E-state index in [1.54, 1.807) is 0 Å². The van der Waals surface area contributed by atoms with Crippen LogP contribution in [0.25, 0.3) is 0 Å². The first-order chi connectivity index (χ1) is 9.45. The van der Waals surface area contributed by atoms with E-state index in [9.17, 15) is 14.0 Å². The molecule has 1 amide bonds. The summed E-state index contributed by atoms with van der Waals surface area (Å²) in [5.41, 5.74) is 0.134. The van der Waals surface area contributed by atoms with Gasteiger partial charge in [-0.2, -0.15) is 5.10 Å². The maximum atomic E-state index is 13.0. The zero-order valence-electron chi connectivity index (χ0n) is 9.88. The zero-order valence-corrected chi connectivity index (χ0v) is 10.6. The predicted octanol–water partition coefficient (Wildman–Crippen LogP) is 1.41. The summed E-state index contributed by atoms with van der Waals surface area (Å²) in [6.07, 6.45) is 3.48. The summed E-state index contributed by atoms with van der Waals surface area (Å²) in [7, 11) is 0. The highest BCUT2D eigenvalue weighted by molar-refractivity contribution is 6.33. The van der Waals surface area contributed by atoms with Gasteiger partial charge < -0.3 is 10.4 Å². The van der Waals surface area contributed by atoms with Gasteiger partial charge in [-0.25, -0.2) is 9.37 Å². The number of nitrogens with one attached hydrogen (secondary N) is 1. The van der Waals surface area contributed by atoms with Crippen molar-refractivity contribution in [2.24, 2.45) is 0 Å². The van der Waals surface area contributed by atoms with Gasteiger partial charge in [-0.15, -0.1) is 0 Å². The average molecular weight is 299 g/mol. The number of amides is 1. The topological polar surface area (TPSA) is 97.1 Å². The van der Waals surface area contributed by atoms with E-state index in [-0.39, 0.29) is 22.9 Å². The molecule has 0 fully saturated rings. The van der Waals surface area contributed by atoms with E-state index in [2.05, 4.69) is 15.4 Å². The average Bonchev–Trinajstić information content (AvgIpc) is 2.78. The number of nitrogens with zero attached hydrogens (tertiary/aromatic N) is 3. The smallest absolute Gasteiger partial charge is 0.325 e. The molecule has 0 atom stereocenters. The third-order valence-corrected chi connectivity index (χ3v) is 2.54. The number of anilines is 1. The molecule has 0 radical (unpaired) electrons. The third-order valence-electron chi connectivity index (χ3n) is 2.24. The number of halogens is 2. The number of aliphatic carboxylic acids is 1. The molecule has 0 aliphatic carbocycles. The van der Waals surface area contributed by atoms with E-state index in [1.165, 1.54) is 12.4 Å². The van der Waals surface area contributed by atoms with Gasteiger partial charge >= 0.3 is 5.97 Å². The fourth-order valence-corrected chi connectivity index (χ4v) is 1.62. The van der Waals surface area contributed by atoms with Crippen molar-refractivity contribution in [3.05, 3.63) is 41.2 Å². The van der Waals surface area contributed by atoms with Crippen LogP contribution in [-0.2, 0) is 11.3 Å². The minimum atomic E-state index is -1.07. The van der Waals surface area contributed by atoms with Crippen LogP contribution in [0, 0.1) is 5.82 Å². The number of hydrogen-bond donors (Lipinski definition) is 2. The summed E-state index contributed by atoms with van der Waals surface area (Å²) in [5.74, 6) is -2.43. The number of carbonyl (C=O) groups excluding carboxylic acids is 1. The molecular formula is C11H8ClFN4O3.